The predicted octanol–water partition coefficient (Wildman–Crippen LogP) is 8.01. The number of benzene rings is 2. The maximum Gasteiger partial charge on any atom is 0.212 e. The molecule has 0 aliphatic heterocycles. The van der Waals surface area contributed by atoms with Gasteiger partial charge in [0.25, 0.3) is 0 Å². The Hall–Kier alpha value is -2.41. The first kappa shape index (κ1) is 19.3. The van der Waals surface area contributed by atoms with Crippen molar-refractivity contribution >= 4 is 0 Å². The fourth-order valence-electron chi connectivity index (χ4n) is 4.03. The third kappa shape index (κ3) is 4.92. The van der Waals surface area contributed by atoms with Crippen LogP contribution in [-0.2, 0) is 12.5 Å². The van der Waals surface area contributed by atoms with Crippen LogP contribution in [0.15, 0.2) is 48.7 Å². The Kier molecular flexibility index (Phi) is 5.36. The molecule has 1 nitrogen and oxygen atoms in total. The summed E-state index contributed by atoms with van der Waals surface area (Å²) in [5.74, 6) is 0.722. The van der Waals surface area contributed by atoms with E-state index in [9.17, 15) is 0 Å². The summed E-state index contributed by atoms with van der Waals surface area (Å²) >= 11 is 0. The van der Waals surface area contributed by atoms with Gasteiger partial charge < -0.3 is 0 Å². The Morgan fingerprint density at radius 1 is 0.806 bits per heavy atom. The van der Waals surface area contributed by atoms with Gasteiger partial charge in [-0.3, -0.25) is 0 Å². The summed E-state index contributed by atoms with van der Waals surface area (Å²) in [4.78, 5) is 0. The Bertz CT molecular complexity index is 1170. The van der Waals surface area contributed by atoms with Gasteiger partial charge in [-0.1, -0.05) is 72.7 Å². The normalized spacial score (nSPS) is 14.0. The predicted molar refractivity (Wildman–Crippen MR) is 135 cm³/mol. The minimum absolute atomic E-state index is 0.0239. The average molecular weight is 418 g/mol. The highest BCUT2D eigenvalue weighted by atomic mass is 14.9. The van der Waals surface area contributed by atoms with Crippen LogP contribution in [0, 0.1) is 13.8 Å². The van der Waals surface area contributed by atoms with E-state index in [1.54, 1.807) is 0 Å². The summed E-state index contributed by atoms with van der Waals surface area (Å²) in [5.41, 5.74) is 9.08. The highest BCUT2D eigenvalue weighted by molar-refractivity contribution is 5.76. The third-order valence-corrected chi connectivity index (χ3v) is 6.28. The van der Waals surface area contributed by atoms with E-state index in [0.29, 0.717) is 17.4 Å². The molecule has 0 N–H and O–H groups in total. The van der Waals surface area contributed by atoms with Gasteiger partial charge in [0.05, 0.1) is 0 Å². The smallest absolute Gasteiger partial charge is 0.201 e. The van der Waals surface area contributed by atoms with Crippen molar-refractivity contribution in [2.45, 2.75) is 79.5 Å². The van der Waals surface area contributed by atoms with Gasteiger partial charge in [0.1, 0.15) is 7.05 Å². The van der Waals surface area contributed by atoms with Crippen LogP contribution in [0.2, 0.25) is 0 Å². The van der Waals surface area contributed by atoms with E-state index < -0.39 is 6.85 Å². The fourth-order valence-corrected chi connectivity index (χ4v) is 4.03. The monoisotopic (exact) mass is 417 g/mol. The molecule has 0 fully saturated rings. The SMILES string of the molecule is [2H]C([2H])([2H])c1cc(C)c(-c2cc(C(C)(C)C)cc[n+]2C)cc1-c1cc(C(C)C)cc(C(C)C)c1. The number of rotatable bonds is 4. The topological polar surface area (TPSA) is 3.88 Å². The van der Waals surface area contributed by atoms with E-state index in [2.05, 4.69) is 103 Å². The van der Waals surface area contributed by atoms with Crippen LogP contribution in [0.5, 0.6) is 0 Å². The average Bonchev–Trinajstić information content (AvgIpc) is 2.72. The van der Waals surface area contributed by atoms with Crippen molar-refractivity contribution in [3.63, 3.8) is 0 Å². The molecule has 0 saturated carbocycles. The summed E-state index contributed by atoms with van der Waals surface area (Å²) in [7, 11) is 2.05. The molecule has 0 spiro atoms. The van der Waals surface area contributed by atoms with Crippen molar-refractivity contribution in [3.8, 4) is 22.4 Å². The van der Waals surface area contributed by atoms with Gasteiger partial charge in [-0.25, -0.2) is 4.57 Å². The molecule has 1 heterocycles. The fraction of sp³-hybridized carbons (Fsp3) is 0.433. The highest BCUT2D eigenvalue weighted by Gasteiger charge is 2.21. The van der Waals surface area contributed by atoms with Crippen molar-refractivity contribution in [1.82, 2.24) is 0 Å². The molecule has 0 amide bonds. The largest absolute Gasteiger partial charge is 0.212 e. The zero-order valence-electron chi connectivity index (χ0n) is 23.7. The lowest BCUT2D eigenvalue weighted by molar-refractivity contribution is -0.660. The number of hydrogen-bond donors (Lipinski definition) is 0. The number of pyridine rings is 1. The molecule has 164 valence electrons. The lowest BCUT2D eigenvalue weighted by atomic mass is 9.85. The molecule has 0 unspecified atom stereocenters. The standard InChI is InChI=1S/C30H40N/c1-19(2)23-14-24(20(3)4)16-25(15-23)27-18-28(22(6)13-21(27)5)29-17-26(30(7,8)9)11-12-31(29)10/h11-20H,1-10H3/q+1/i5D3. The second-order valence-electron chi connectivity index (χ2n) is 10.6. The summed E-state index contributed by atoms with van der Waals surface area (Å²) < 4.78 is 27.0. The molecule has 3 rings (SSSR count). The van der Waals surface area contributed by atoms with E-state index >= 15 is 0 Å². The summed E-state index contributed by atoms with van der Waals surface area (Å²) in [6.45, 7) is 15.2. The van der Waals surface area contributed by atoms with Gasteiger partial charge in [0, 0.05) is 21.8 Å². The maximum absolute atomic E-state index is 8.30. The van der Waals surface area contributed by atoms with Gasteiger partial charge in [-0.2, -0.15) is 0 Å². The first-order valence-electron chi connectivity index (χ1n) is 12.9. The Morgan fingerprint density at radius 2 is 1.42 bits per heavy atom. The zero-order chi connectivity index (χ0) is 25.6. The molecule has 3 aromatic rings. The molecular weight excluding hydrogens is 374 g/mol. The number of aryl methyl sites for hydroxylation is 3. The molecule has 1 heteroatoms. The molecule has 0 atom stereocenters. The lowest BCUT2D eigenvalue weighted by Gasteiger charge is -2.20. The van der Waals surface area contributed by atoms with Crippen molar-refractivity contribution in [1.29, 1.82) is 0 Å². The second kappa shape index (κ2) is 8.61. The summed E-state index contributed by atoms with van der Waals surface area (Å²) in [6.07, 6.45) is 2.10. The molecule has 1 aromatic heterocycles. The number of nitrogens with zero attached hydrogens (tertiary/aromatic N) is 1. The van der Waals surface area contributed by atoms with E-state index in [4.69, 9.17) is 4.11 Å². The second-order valence-corrected chi connectivity index (χ2v) is 10.6. The first-order chi connectivity index (χ1) is 15.6. The first-order valence-corrected chi connectivity index (χ1v) is 11.4. The van der Waals surface area contributed by atoms with Crippen LogP contribution in [-0.4, -0.2) is 0 Å². The molecular formula is C30H40N+. The van der Waals surface area contributed by atoms with E-state index in [1.807, 2.05) is 13.0 Å². The van der Waals surface area contributed by atoms with Gasteiger partial charge in [-0.15, -0.1) is 0 Å². The maximum atomic E-state index is 8.30. The van der Waals surface area contributed by atoms with Crippen LogP contribution >= 0.6 is 0 Å². The van der Waals surface area contributed by atoms with Crippen LogP contribution in [0.3, 0.4) is 0 Å². The van der Waals surface area contributed by atoms with E-state index in [1.165, 1.54) is 16.7 Å². The molecule has 31 heavy (non-hydrogen) atoms. The van der Waals surface area contributed by atoms with Crippen molar-refractivity contribution in [3.05, 3.63) is 76.5 Å². The summed E-state index contributed by atoms with van der Waals surface area (Å²) in [5, 5.41) is 0. The van der Waals surface area contributed by atoms with Gasteiger partial charge in [0.2, 0.25) is 5.69 Å². The summed E-state index contributed by atoms with van der Waals surface area (Å²) in [6, 6.07) is 15.0. The molecule has 2 aromatic carbocycles. The molecule has 0 saturated heterocycles. The highest BCUT2D eigenvalue weighted by Crippen LogP contribution is 2.35. The quantitative estimate of drug-likeness (QED) is 0.378. The van der Waals surface area contributed by atoms with Crippen LogP contribution in [0.25, 0.3) is 22.4 Å². The Labute approximate surface area is 194 Å². The third-order valence-electron chi connectivity index (χ3n) is 6.28. The van der Waals surface area contributed by atoms with Crippen molar-refractivity contribution in [2.24, 2.45) is 7.05 Å². The van der Waals surface area contributed by atoms with E-state index in [-0.39, 0.29) is 5.41 Å². The number of aromatic nitrogens is 1. The van der Waals surface area contributed by atoms with Crippen LogP contribution in [0.4, 0.5) is 0 Å². The van der Waals surface area contributed by atoms with Gasteiger partial charge >= 0.3 is 0 Å². The molecule has 0 aliphatic carbocycles. The molecule has 0 aliphatic rings. The minimum Gasteiger partial charge on any atom is -0.201 e. The van der Waals surface area contributed by atoms with Crippen molar-refractivity contribution in [2.75, 3.05) is 0 Å². The van der Waals surface area contributed by atoms with Gasteiger partial charge in [-0.05, 0) is 76.0 Å². The number of hydrogen-bond acceptors (Lipinski definition) is 0. The minimum atomic E-state index is -2.19. The Morgan fingerprint density at radius 3 is 1.94 bits per heavy atom. The Balaban J connectivity index is 2.37. The zero-order valence-corrected chi connectivity index (χ0v) is 20.7. The van der Waals surface area contributed by atoms with E-state index in [0.717, 1.165) is 27.9 Å². The van der Waals surface area contributed by atoms with Gasteiger partial charge in [0.15, 0.2) is 6.20 Å². The van der Waals surface area contributed by atoms with Crippen molar-refractivity contribution < 1.29 is 8.68 Å². The molecule has 0 bridgehead atoms. The van der Waals surface area contributed by atoms with Crippen LogP contribution < -0.4 is 4.57 Å². The van der Waals surface area contributed by atoms with Crippen LogP contribution in [0.1, 0.15) is 92.2 Å². The molecule has 0 radical (unpaired) electrons. The lowest BCUT2D eigenvalue weighted by Crippen LogP contribution is -2.32.